The van der Waals surface area contributed by atoms with Crippen LogP contribution in [0.2, 0.25) is 0 Å². The van der Waals surface area contributed by atoms with Crippen LogP contribution in [0.5, 0.6) is 11.5 Å². The van der Waals surface area contributed by atoms with Gasteiger partial charge in [0.25, 0.3) is 0 Å². The highest BCUT2D eigenvalue weighted by atomic mass is 16.5. The summed E-state index contributed by atoms with van der Waals surface area (Å²) in [6.07, 6.45) is 3.74. The lowest BCUT2D eigenvalue weighted by Gasteiger charge is -2.33. The fourth-order valence-electron chi connectivity index (χ4n) is 6.11. The van der Waals surface area contributed by atoms with E-state index in [-0.39, 0.29) is 25.9 Å². The molecule has 1 heterocycles. The predicted molar refractivity (Wildman–Crippen MR) is 202 cm³/mol. The second-order valence-corrected chi connectivity index (χ2v) is 13.7. The van der Waals surface area contributed by atoms with Gasteiger partial charge in [0.1, 0.15) is 23.6 Å². The maximum atomic E-state index is 11.7. The first-order valence-electron chi connectivity index (χ1n) is 18.6. The van der Waals surface area contributed by atoms with Crippen molar-refractivity contribution in [2.75, 3.05) is 91.8 Å². The molecule has 0 spiro atoms. The average Bonchev–Trinajstić information content (AvgIpc) is 3.12. The van der Waals surface area contributed by atoms with Crippen LogP contribution in [0.3, 0.4) is 0 Å². The Morgan fingerprint density at radius 1 is 0.519 bits per heavy atom. The molecular formula is C38H58N6O10. The summed E-state index contributed by atoms with van der Waals surface area (Å²) in [6, 6.07) is 12.5. The molecule has 1 aliphatic heterocycles. The number of carbonyl (C=O) groups is 4. The molecule has 1 fully saturated rings. The van der Waals surface area contributed by atoms with Crippen molar-refractivity contribution >= 4 is 23.9 Å². The molecule has 300 valence electrons. The van der Waals surface area contributed by atoms with E-state index in [1.807, 2.05) is 34.1 Å². The summed E-state index contributed by atoms with van der Waals surface area (Å²) in [7, 11) is 0. The third-order valence-corrected chi connectivity index (χ3v) is 9.31. The zero-order valence-electron chi connectivity index (χ0n) is 31.1. The molecular weight excluding hydrogens is 700 g/mol. The quantitative estimate of drug-likeness (QED) is 0.0920. The van der Waals surface area contributed by atoms with Crippen LogP contribution in [-0.4, -0.2) is 168 Å². The van der Waals surface area contributed by atoms with Crippen LogP contribution in [0.1, 0.15) is 36.8 Å². The number of hydrogen-bond acceptors (Lipinski definition) is 12. The van der Waals surface area contributed by atoms with Gasteiger partial charge in [0.2, 0.25) is 0 Å². The number of hydrogen-bond donors (Lipinski definition) is 6. The lowest BCUT2D eigenvalue weighted by atomic mass is 10.1. The molecule has 1 aliphatic rings. The number of unbranched alkanes of at least 4 members (excludes halogenated alkanes) is 2. The van der Waals surface area contributed by atoms with Crippen molar-refractivity contribution in [3.8, 4) is 11.5 Å². The number of carboxylic acid groups (broad SMARTS) is 4. The van der Waals surface area contributed by atoms with E-state index in [1.165, 1.54) is 0 Å². The summed E-state index contributed by atoms with van der Waals surface area (Å²) < 4.78 is 11.8. The number of ether oxygens (including phenoxy) is 2. The lowest BCUT2D eigenvalue weighted by Crippen LogP contribution is -2.48. The standard InChI is InChI=1S/C38H58N6O10/c39-33(37(49)50)25-29-5-9-31(10-6-29)53-23-3-1-13-41-15-19-43(27-35(45)46)21-17-42(18-22-44(20-16-41)28-36(47)48)14-2-4-24-54-32-11-7-30(8-12-32)26-34(40)38(51)52/h5-12,33-34H,1-4,13-28,39-40H2,(H,45,46)(H,47,48)(H,49,50)(H,51,52)/t33-,34-/m0/s1. The van der Waals surface area contributed by atoms with Gasteiger partial charge in [-0.1, -0.05) is 24.3 Å². The first-order valence-corrected chi connectivity index (χ1v) is 18.6. The maximum absolute atomic E-state index is 11.7. The Morgan fingerprint density at radius 2 is 0.833 bits per heavy atom. The van der Waals surface area contributed by atoms with Gasteiger partial charge < -0.3 is 51.2 Å². The van der Waals surface area contributed by atoms with Gasteiger partial charge in [-0.25, -0.2) is 0 Å². The normalized spacial score (nSPS) is 16.8. The molecule has 2 atom stereocenters. The number of rotatable bonds is 22. The van der Waals surface area contributed by atoms with Crippen LogP contribution >= 0.6 is 0 Å². The Morgan fingerprint density at radius 3 is 1.13 bits per heavy atom. The van der Waals surface area contributed by atoms with Crippen LogP contribution in [0.25, 0.3) is 0 Å². The summed E-state index contributed by atoms with van der Waals surface area (Å²) in [5, 5.41) is 37.3. The Bertz CT molecular complexity index is 1310. The van der Waals surface area contributed by atoms with E-state index in [4.69, 9.17) is 31.2 Å². The Hall–Kier alpha value is -4.32. The molecule has 0 aromatic heterocycles. The molecule has 54 heavy (non-hydrogen) atoms. The van der Waals surface area contributed by atoms with Crippen LogP contribution < -0.4 is 20.9 Å². The summed E-state index contributed by atoms with van der Waals surface area (Å²) in [6.45, 7) is 7.29. The van der Waals surface area contributed by atoms with Crippen LogP contribution in [0, 0.1) is 0 Å². The average molecular weight is 759 g/mol. The van der Waals surface area contributed by atoms with Gasteiger partial charge in [0, 0.05) is 52.4 Å². The van der Waals surface area contributed by atoms with Crippen LogP contribution in [0.15, 0.2) is 48.5 Å². The predicted octanol–water partition coefficient (Wildman–Crippen LogP) is 1.00. The van der Waals surface area contributed by atoms with Crippen molar-refractivity contribution in [1.82, 2.24) is 19.6 Å². The van der Waals surface area contributed by atoms with Crippen molar-refractivity contribution in [1.29, 1.82) is 0 Å². The second kappa shape index (κ2) is 24.2. The second-order valence-electron chi connectivity index (χ2n) is 13.7. The highest BCUT2D eigenvalue weighted by Gasteiger charge is 2.19. The van der Waals surface area contributed by atoms with E-state index >= 15 is 0 Å². The van der Waals surface area contributed by atoms with Crippen LogP contribution in [-0.2, 0) is 32.0 Å². The van der Waals surface area contributed by atoms with Gasteiger partial charge in [0.15, 0.2) is 0 Å². The van der Waals surface area contributed by atoms with Crippen molar-refractivity contribution in [2.45, 2.75) is 50.6 Å². The molecule has 16 nitrogen and oxygen atoms in total. The summed E-state index contributed by atoms with van der Waals surface area (Å²) in [4.78, 5) is 54.0. The van der Waals surface area contributed by atoms with E-state index in [0.717, 1.165) is 49.9 Å². The number of benzene rings is 2. The first kappa shape index (κ1) is 44.1. The molecule has 2 aromatic rings. The van der Waals surface area contributed by atoms with Gasteiger partial charge in [-0.05, 0) is 87.0 Å². The van der Waals surface area contributed by atoms with E-state index in [0.29, 0.717) is 77.1 Å². The Balaban J connectivity index is 1.47. The fourth-order valence-corrected chi connectivity index (χ4v) is 6.11. The zero-order valence-corrected chi connectivity index (χ0v) is 31.1. The van der Waals surface area contributed by atoms with Crippen molar-refractivity contribution in [2.24, 2.45) is 11.5 Å². The molecule has 0 saturated carbocycles. The molecule has 0 bridgehead atoms. The third-order valence-electron chi connectivity index (χ3n) is 9.31. The van der Waals surface area contributed by atoms with E-state index < -0.39 is 36.0 Å². The number of nitrogens with zero attached hydrogens (tertiary/aromatic N) is 4. The van der Waals surface area contributed by atoms with Gasteiger partial charge >= 0.3 is 23.9 Å². The van der Waals surface area contributed by atoms with E-state index in [9.17, 15) is 29.4 Å². The molecule has 8 N–H and O–H groups in total. The lowest BCUT2D eigenvalue weighted by molar-refractivity contribution is -0.139. The Labute approximate surface area is 317 Å². The first-order chi connectivity index (χ1) is 25.9. The highest BCUT2D eigenvalue weighted by Crippen LogP contribution is 2.15. The van der Waals surface area contributed by atoms with Crippen molar-refractivity contribution in [3.05, 3.63) is 59.7 Å². The molecule has 0 radical (unpaired) electrons. The zero-order chi connectivity index (χ0) is 39.3. The SMILES string of the molecule is N[C@@H](Cc1ccc(OCCCCN2CCN(CC(=O)O)CCN(CCCCOc3ccc(C[C@H](N)C(=O)O)cc3)CCN(CC(=O)O)CC2)cc1)C(=O)O. The molecule has 0 aliphatic carbocycles. The topological polar surface area (TPSA) is 233 Å². The third kappa shape index (κ3) is 18.1. The molecule has 1 saturated heterocycles. The van der Waals surface area contributed by atoms with Gasteiger partial charge in [-0.3, -0.25) is 29.0 Å². The van der Waals surface area contributed by atoms with Crippen LogP contribution in [0.4, 0.5) is 0 Å². The minimum atomic E-state index is -1.04. The largest absolute Gasteiger partial charge is 0.494 e. The fraction of sp³-hybridized carbons (Fsp3) is 0.579. The highest BCUT2D eigenvalue weighted by molar-refractivity contribution is 5.74. The Kier molecular flexibility index (Phi) is 19.7. The minimum absolute atomic E-state index is 0.0590. The monoisotopic (exact) mass is 758 g/mol. The molecule has 16 heteroatoms. The van der Waals surface area contributed by atoms with Gasteiger partial charge in [-0.15, -0.1) is 0 Å². The number of nitrogens with two attached hydrogens (primary N) is 2. The number of carboxylic acids is 4. The summed E-state index contributed by atoms with van der Waals surface area (Å²) in [5.41, 5.74) is 12.9. The van der Waals surface area contributed by atoms with E-state index in [2.05, 4.69) is 9.80 Å². The van der Waals surface area contributed by atoms with E-state index in [1.54, 1.807) is 24.3 Å². The molecule has 0 unspecified atom stereocenters. The molecule has 2 aromatic carbocycles. The minimum Gasteiger partial charge on any atom is -0.494 e. The van der Waals surface area contributed by atoms with Gasteiger partial charge in [-0.2, -0.15) is 0 Å². The van der Waals surface area contributed by atoms with Crippen molar-refractivity contribution < 1.29 is 49.1 Å². The summed E-state index contributed by atoms with van der Waals surface area (Å²) in [5.74, 6) is -2.46. The smallest absolute Gasteiger partial charge is 0.320 e. The summed E-state index contributed by atoms with van der Waals surface area (Å²) >= 11 is 0. The van der Waals surface area contributed by atoms with Gasteiger partial charge in [0.05, 0.1) is 26.3 Å². The maximum Gasteiger partial charge on any atom is 0.320 e. The number of aliphatic carboxylic acids is 4. The van der Waals surface area contributed by atoms with Crippen molar-refractivity contribution in [3.63, 3.8) is 0 Å². The molecule has 3 rings (SSSR count). The molecule has 0 amide bonds.